The van der Waals surface area contributed by atoms with Gasteiger partial charge in [-0.1, -0.05) is 12.1 Å². The molecule has 0 N–H and O–H groups in total. The molecular formula is C29H30FN5O3. The van der Waals surface area contributed by atoms with Crippen LogP contribution in [-0.4, -0.2) is 64.7 Å². The molecule has 9 heteroatoms. The first-order valence-electron chi connectivity index (χ1n) is 12.9. The summed E-state index contributed by atoms with van der Waals surface area (Å²) in [4.78, 5) is 30.8. The normalized spacial score (nSPS) is 19.1. The van der Waals surface area contributed by atoms with Crippen LogP contribution in [0.5, 0.6) is 11.8 Å². The monoisotopic (exact) mass is 515 g/mol. The Morgan fingerprint density at radius 3 is 2.71 bits per heavy atom. The highest BCUT2D eigenvalue weighted by molar-refractivity contribution is 6.15. The van der Waals surface area contributed by atoms with Crippen molar-refractivity contribution in [1.82, 2.24) is 19.8 Å². The maximum Gasteiger partial charge on any atom is 0.316 e. The van der Waals surface area contributed by atoms with Crippen molar-refractivity contribution in [3.63, 3.8) is 0 Å². The summed E-state index contributed by atoms with van der Waals surface area (Å²) in [6.07, 6.45) is 5.75. The number of halogens is 1. The fourth-order valence-electron chi connectivity index (χ4n) is 5.85. The van der Waals surface area contributed by atoms with Crippen LogP contribution in [-0.2, 0) is 30.8 Å². The van der Waals surface area contributed by atoms with E-state index in [1.165, 1.54) is 6.07 Å². The molecule has 0 radical (unpaired) electrons. The topological polar surface area (TPSA) is 80.2 Å². The molecule has 3 aliphatic rings. The van der Waals surface area contributed by atoms with Gasteiger partial charge in [-0.15, -0.1) is 0 Å². The van der Waals surface area contributed by atoms with Crippen LogP contribution in [0.15, 0.2) is 47.7 Å². The molecule has 3 aliphatic heterocycles. The van der Waals surface area contributed by atoms with Gasteiger partial charge in [0, 0.05) is 54.8 Å². The number of hydrogen-bond donors (Lipinski definition) is 0. The molecule has 38 heavy (non-hydrogen) atoms. The standard InChI is InChI=1S/C29H30FN5O3/c1-37-26-7-3-6-25(30)24(26)17-34-8-4-5-22(16-34)35-15-20-10-23-19(9-18(20)11-27(35)36)12-31-28(23)21-13-32-29(38-2)33-14-21/h3,6-7,9-10,13-14,22H,4-5,8,11-12,15-17H2,1-2H3/t22-/m1/s1. The zero-order valence-corrected chi connectivity index (χ0v) is 21.6. The second-order valence-electron chi connectivity index (χ2n) is 10.1. The molecule has 8 nitrogen and oxygen atoms in total. The Balaban J connectivity index is 1.21. The van der Waals surface area contributed by atoms with Crippen molar-refractivity contribution in [2.75, 3.05) is 27.3 Å². The summed E-state index contributed by atoms with van der Waals surface area (Å²) in [5, 5.41) is 0. The third-order valence-electron chi connectivity index (χ3n) is 7.77. The van der Waals surface area contributed by atoms with Crippen molar-refractivity contribution in [2.24, 2.45) is 4.99 Å². The molecule has 0 spiro atoms. The highest BCUT2D eigenvalue weighted by Crippen LogP contribution is 2.32. The third kappa shape index (κ3) is 4.51. The van der Waals surface area contributed by atoms with Crippen LogP contribution in [0.1, 0.15) is 46.2 Å². The molecule has 0 bridgehead atoms. The molecule has 2 aromatic carbocycles. The molecule has 1 fully saturated rings. The zero-order chi connectivity index (χ0) is 26.2. The second kappa shape index (κ2) is 10.1. The van der Waals surface area contributed by atoms with E-state index >= 15 is 0 Å². The lowest BCUT2D eigenvalue weighted by molar-refractivity contribution is -0.135. The summed E-state index contributed by atoms with van der Waals surface area (Å²) in [7, 11) is 3.11. The van der Waals surface area contributed by atoms with Crippen LogP contribution in [0.25, 0.3) is 0 Å². The highest BCUT2D eigenvalue weighted by atomic mass is 19.1. The Bertz CT molecular complexity index is 1410. The molecule has 6 rings (SSSR count). The molecule has 1 saturated heterocycles. The van der Waals surface area contributed by atoms with Crippen molar-refractivity contribution in [3.05, 3.63) is 81.9 Å². The van der Waals surface area contributed by atoms with Gasteiger partial charge in [0.05, 0.1) is 32.9 Å². The van der Waals surface area contributed by atoms with Gasteiger partial charge in [0.2, 0.25) is 5.91 Å². The Hall–Kier alpha value is -3.85. The lowest BCUT2D eigenvalue weighted by Gasteiger charge is -2.41. The van der Waals surface area contributed by atoms with E-state index < -0.39 is 0 Å². The first kappa shape index (κ1) is 24.5. The van der Waals surface area contributed by atoms with Crippen molar-refractivity contribution >= 4 is 11.6 Å². The third-order valence-corrected chi connectivity index (χ3v) is 7.77. The molecule has 1 aromatic heterocycles. The van der Waals surface area contributed by atoms with Gasteiger partial charge < -0.3 is 14.4 Å². The summed E-state index contributed by atoms with van der Waals surface area (Å²) in [5.74, 6) is 0.446. The molecular weight excluding hydrogens is 485 g/mol. The quantitative estimate of drug-likeness (QED) is 0.500. The number of carbonyl (C=O) groups excluding carboxylic acids is 1. The predicted octanol–water partition coefficient (Wildman–Crippen LogP) is 3.53. The Morgan fingerprint density at radius 2 is 1.92 bits per heavy atom. The molecule has 3 aromatic rings. The maximum absolute atomic E-state index is 14.6. The van der Waals surface area contributed by atoms with Crippen molar-refractivity contribution < 1.29 is 18.7 Å². The minimum atomic E-state index is -0.261. The number of aliphatic imine (C=N–C) groups is 1. The van der Waals surface area contributed by atoms with Crippen LogP contribution in [0.4, 0.5) is 4.39 Å². The summed E-state index contributed by atoms with van der Waals surface area (Å²) in [6, 6.07) is 9.65. The summed E-state index contributed by atoms with van der Waals surface area (Å²) < 4.78 is 25.1. The number of ether oxygens (including phenoxy) is 2. The van der Waals surface area contributed by atoms with Crippen LogP contribution < -0.4 is 9.47 Å². The van der Waals surface area contributed by atoms with Gasteiger partial charge in [0.25, 0.3) is 0 Å². The maximum atomic E-state index is 14.6. The smallest absolute Gasteiger partial charge is 0.316 e. The predicted molar refractivity (Wildman–Crippen MR) is 140 cm³/mol. The van der Waals surface area contributed by atoms with Gasteiger partial charge >= 0.3 is 6.01 Å². The van der Waals surface area contributed by atoms with Gasteiger partial charge in [-0.2, -0.15) is 0 Å². The number of benzene rings is 2. The van der Waals surface area contributed by atoms with Crippen molar-refractivity contribution in [1.29, 1.82) is 0 Å². The number of fused-ring (bicyclic) bond motifs is 2. The lowest BCUT2D eigenvalue weighted by Crippen LogP contribution is -2.51. The van der Waals surface area contributed by atoms with E-state index in [9.17, 15) is 9.18 Å². The van der Waals surface area contributed by atoms with Gasteiger partial charge in [-0.05, 0) is 54.3 Å². The minimum Gasteiger partial charge on any atom is -0.496 e. The summed E-state index contributed by atoms with van der Waals surface area (Å²) >= 11 is 0. The summed E-state index contributed by atoms with van der Waals surface area (Å²) in [6.45, 7) is 3.18. The van der Waals surface area contributed by atoms with Crippen LogP contribution in [0.2, 0.25) is 0 Å². The number of likely N-dealkylation sites (tertiary alicyclic amines) is 1. The number of rotatable bonds is 6. The van der Waals surface area contributed by atoms with Gasteiger partial charge in [-0.25, -0.2) is 14.4 Å². The average Bonchev–Trinajstić information content (AvgIpc) is 3.35. The van der Waals surface area contributed by atoms with E-state index in [2.05, 4.69) is 27.0 Å². The largest absolute Gasteiger partial charge is 0.496 e. The number of hydrogen-bond acceptors (Lipinski definition) is 7. The number of nitrogens with zero attached hydrogens (tertiary/aromatic N) is 5. The fraction of sp³-hybridized carbons (Fsp3) is 0.379. The van der Waals surface area contributed by atoms with Gasteiger partial charge in [0.1, 0.15) is 11.6 Å². The number of aromatic nitrogens is 2. The average molecular weight is 516 g/mol. The molecule has 1 atom stereocenters. The second-order valence-corrected chi connectivity index (χ2v) is 10.1. The molecule has 4 heterocycles. The number of carbonyl (C=O) groups is 1. The first-order valence-corrected chi connectivity index (χ1v) is 12.9. The van der Waals surface area contributed by atoms with E-state index in [-0.39, 0.29) is 17.8 Å². The Labute approximate surface area is 221 Å². The number of methoxy groups -OCH3 is 2. The van der Waals surface area contributed by atoms with E-state index in [0.717, 1.165) is 52.9 Å². The van der Waals surface area contributed by atoms with Crippen LogP contribution in [0.3, 0.4) is 0 Å². The van der Waals surface area contributed by atoms with Crippen molar-refractivity contribution in [2.45, 2.75) is 44.9 Å². The number of amides is 1. The highest BCUT2D eigenvalue weighted by Gasteiger charge is 2.34. The molecule has 196 valence electrons. The van der Waals surface area contributed by atoms with Crippen molar-refractivity contribution in [3.8, 4) is 11.8 Å². The molecule has 0 unspecified atom stereocenters. The number of piperidine rings is 1. The van der Waals surface area contributed by atoms with E-state index in [1.54, 1.807) is 38.7 Å². The first-order chi connectivity index (χ1) is 18.5. The van der Waals surface area contributed by atoms with Gasteiger partial charge in [0.15, 0.2) is 0 Å². The van der Waals surface area contributed by atoms with Crippen LogP contribution in [0, 0.1) is 5.82 Å². The van der Waals surface area contributed by atoms with Crippen LogP contribution >= 0.6 is 0 Å². The Kier molecular flexibility index (Phi) is 6.53. The zero-order valence-electron chi connectivity index (χ0n) is 21.6. The molecule has 0 aliphatic carbocycles. The van der Waals surface area contributed by atoms with E-state index in [4.69, 9.17) is 14.5 Å². The Morgan fingerprint density at radius 1 is 1.08 bits per heavy atom. The van der Waals surface area contributed by atoms with E-state index in [0.29, 0.717) is 49.9 Å². The fourth-order valence-corrected chi connectivity index (χ4v) is 5.85. The van der Waals surface area contributed by atoms with Gasteiger partial charge in [-0.3, -0.25) is 14.7 Å². The molecule has 1 amide bonds. The SMILES string of the molecule is COc1ncc(C2=NCc3cc4c(cc32)CN([C@@H]2CCCN(Cc3c(F)cccc3OC)C2)C(=O)C4)cn1. The minimum absolute atomic E-state index is 0.0820. The summed E-state index contributed by atoms with van der Waals surface area (Å²) in [5.41, 5.74) is 6.71. The lowest BCUT2D eigenvalue weighted by atomic mass is 9.90. The molecule has 0 saturated carbocycles. The van der Waals surface area contributed by atoms with E-state index in [1.807, 2.05) is 4.90 Å².